The Kier molecular flexibility index (Phi) is 17.6. The second-order valence-electron chi connectivity index (χ2n) is 18.2. The van der Waals surface area contributed by atoms with Gasteiger partial charge in [0.05, 0.1) is 23.0 Å². The predicted octanol–water partition coefficient (Wildman–Crippen LogP) is 2.59. The average molecular weight is 910 g/mol. The maximum Gasteiger partial charge on any atom is 0.255 e. The summed E-state index contributed by atoms with van der Waals surface area (Å²) in [5, 5.41) is 20.0. The largest absolute Gasteiger partial charge is 0.492 e. The van der Waals surface area contributed by atoms with Crippen molar-refractivity contribution in [2.45, 2.75) is 110 Å². The summed E-state index contributed by atoms with van der Waals surface area (Å²) < 4.78 is 12.2. The lowest BCUT2D eigenvalue weighted by atomic mass is 9.69. The molecule has 0 radical (unpaired) electrons. The van der Waals surface area contributed by atoms with Gasteiger partial charge in [0.1, 0.15) is 61.2 Å². The molecule has 18 heteroatoms. The number of ether oxygens (including phenoxy) is 2. The number of aryl methyl sites for hydroxylation is 2. The van der Waals surface area contributed by atoms with E-state index in [0.717, 1.165) is 25.7 Å². The Bertz CT molecular complexity index is 2260. The van der Waals surface area contributed by atoms with Crippen molar-refractivity contribution < 1.29 is 33.4 Å². The summed E-state index contributed by atoms with van der Waals surface area (Å²) in [6.45, 7) is 12.2. The van der Waals surface area contributed by atoms with E-state index in [0.29, 0.717) is 56.9 Å². The van der Waals surface area contributed by atoms with E-state index >= 15 is 0 Å². The molecule has 0 spiro atoms. The fraction of sp³-hybridized carbons (Fsp3) is 0.542. The summed E-state index contributed by atoms with van der Waals surface area (Å²) >= 11 is 0. The second-order valence-corrected chi connectivity index (χ2v) is 18.2. The van der Waals surface area contributed by atoms with Gasteiger partial charge in [-0.3, -0.25) is 24.0 Å². The highest BCUT2D eigenvalue weighted by Crippen LogP contribution is 2.43. The van der Waals surface area contributed by atoms with Crippen molar-refractivity contribution in [1.29, 1.82) is 5.26 Å². The van der Waals surface area contributed by atoms with Gasteiger partial charge in [-0.2, -0.15) is 5.26 Å². The minimum Gasteiger partial charge on any atom is -0.492 e. The number of nitrogens with two attached hydrogens (primary N) is 3. The number of nitrogens with one attached hydrogen (secondary N) is 4. The number of fused-ring (bicyclic) bond motifs is 5. The minimum absolute atomic E-state index is 0.00845. The molecule has 1 fully saturated rings. The molecule has 5 amide bonds. The van der Waals surface area contributed by atoms with E-state index in [1.54, 1.807) is 50.2 Å². The number of aromatic nitrogens is 2. The first-order valence-corrected chi connectivity index (χ1v) is 22.7. The van der Waals surface area contributed by atoms with Crippen LogP contribution in [0.2, 0.25) is 0 Å². The van der Waals surface area contributed by atoms with Crippen LogP contribution in [0.15, 0.2) is 36.4 Å². The fourth-order valence-corrected chi connectivity index (χ4v) is 8.83. The number of benzene rings is 2. The van der Waals surface area contributed by atoms with E-state index in [2.05, 4.69) is 42.0 Å². The highest BCUT2D eigenvalue weighted by Gasteiger charge is 2.37. The van der Waals surface area contributed by atoms with Crippen LogP contribution in [0.3, 0.4) is 0 Å². The first kappa shape index (κ1) is 50.8. The molecule has 66 heavy (non-hydrogen) atoms. The fourth-order valence-electron chi connectivity index (χ4n) is 8.83. The summed E-state index contributed by atoms with van der Waals surface area (Å²) in [4.78, 5) is 81.4. The molecule has 4 atom stereocenters. The molecule has 356 valence electrons. The predicted molar refractivity (Wildman–Crippen MR) is 249 cm³/mol. The molecule has 2 heterocycles. The van der Waals surface area contributed by atoms with Crippen LogP contribution >= 0.6 is 0 Å². The monoisotopic (exact) mass is 910 g/mol. The normalized spacial score (nSPS) is 20.3. The van der Waals surface area contributed by atoms with Gasteiger partial charge >= 0.3 is 0 Å². The maximum absolute atomic E-state index is 14.7. The first-order chi connectivity index (χ1) is 31.4. The number of carbonyl (C=O) groups is 5. The average Bonchev–Trinajstić information content (AvgIpc) is 3.28. The van der Waals surface area contributed by atoms with Crippen molar-refractivity contribution in [3.8, 4) is 28.7 Å². The number of hydrogen-bond donors (Lipinski definition) is 7. The van der Waals surface area contributed by atoms with Gasteiger partial charge in [-0.05, 0) is 106 Å². The highest BCUT2D eigenvalue weighted by atomic mass is 16.5. The lowest BCUT2D eigenvalue weighted by Crippen LogP contribution is -2.56. The molecule has 1 aliphatic heterocycles. The third kappa shape index (κ3) is 12.4. The number of likely N-dealkylation sites (N-methyl/N-ethyl adjacent to an activating group) is 1. The number of hydrogen-bond acceptors (Lipinski definition) is 13. The smallest absolute Gasteiger partial charge is 0.255 e. The molecule has 5 rings (SSSR count). The molecule has 0 saturated heterocycles. The van der Waals surface area contributed by atoms with E-state index in [4.69, 9.17) is 36.6 Å². The zero-order valence-electron chi connectivity index (χ0n) is 39.3. The van der Waals surface area contributed by atoms with Gasteiger partial charge < -0.3 is 52.8 Å². The molecule has 1 saturated carbocycles. The zero-order chi connectivity index (χ0) is 48.3. The number of nitriles is 1. The van der Waals surface area contributed by atoms with Gasteiger partial charge in [0.15, 0.2) is 0 Å². The Morgan fingerprint density at radius 1 is 0.894 bits per heavy atom. The van der Waals surface area contributed by atoms with Crippen molar-refractivity contribution in [3.63, 3.8) is 0 Å². The van der Waals surface area contributed by atoms with Crippen LogP contribution in [0.25, 0.3) is 11.1 Å². The van der Waals surface area contributed by atoms with Crippen LogP contribution in [-0.4, -0.2) is 109 Å². The van der Waals surface area contributed by atoms with Crippen molar-refractivity contribution in [2.75, 3.05) is 46.4 Å². The Hall–Kier alpha value is -6.16. The summed E-state index contributed by atoms with van der Waals surface area (Å²) in [6.07, 6.45) is 4.12. The molecule has 18 nitrogen and oxygen atoms in total. The van der Waals surface area contributed by atoms with Crippen molar-refractivity contribution in [2.24, 2.45) is 28.5 Å². The van der Waals surface area contributed by atoms with E-state index in [1.165, 1.54) is 18.9 Å². The maximum atomic E-state index is 14.7. The third-order valence-electron chi connectivity index (χ3n) is 12.4. The molecule has 10 N–H and O–H groups in total. The SMILES string of the molecule is Cc1nc([C@H]2CC[C@H](C(C)(C)C)CC2)nc(C)c1C(=O)N[C@@H](CCN)C(=O)N(C)[C@@H]1C(=O)N[C@@H](C)C(=O)N[C@H](C(=O)NCC#N)Cc2ccc(OCCN)c(c2)-c2cc1ccc2OCCN. The minimum atomic E-state index is -1.39. The second kappa shape index (κ2) is 22.8. The van der Waals surface area contributed by atoms with Gasteiger partial charge in [-0.25, -0.2) is 9.97 Å². The first-order valence-electron chi connectivity index (χ1n) is 22.7. The van der Waals surface area contributed by atoms with Crippen LogP contribution in [0.4, 0.5) is 0 Å². The number of amides is 5. The Balaban J connectivity index is 1.54. The van der Waals surface area contributed by atoms with Crippen molar-refractivity contribution in [1.82, 2.24) is 36.1 Å². The quantitative estimate of drug-likeness (QED) is 0.108. The standard InChI is InChI=1S/C48H67N11O7/c1-27-40(28(2)55-42(54-27)31-9-12-33(13-10-31)48(4,5)6)45(62)57-36(16-17-49)47(64)59(7)41-32-11-15-39(66-23-20-52)35(26-32)34-24-30(8-14-38(34)65-22-19-51)25-37(44(61)53-21-18-50)58-43(60)29(3)56-46(41)63/h8,11,14-15,24,26,29,31,33,36-37,41H,9-10,12-13,16-17,19-23,25,49,51-52H2,1-7H3,(H,53,61)(H,56,63)(H,57,62)(H,58,60)/t29-,31-,33-,36-,37-,41-/m0/s1. The van der Waals surface area contributed by atoms with Gasteiger partial charge in [-0.1, -0.05) is 32.9 Å². The summed E-state index contributed by atoms with van der Waals surface area (Å²) in [6, 6.07) is 7.16. The molecule has 4 bridgehead atoms. The topological polar surface area (TPSA) is 283 Å². The number of carbonyl (C=O) groups excluding carboxylic acids is 5. The lowest BCUT2D eigenvalue weighted by Gasteiger charge is -2.36. The van der Waals surface area contributed by atoms with E-state index in [9.17, 15) is 29.2 Å². The van der Waals surface area contributed by atoms with Crippen LogP contribution in [0.5, 0.6) is 11.5 Å². The Labute approximate surface area is 387 Å². The summed E-state index contributed by atoms with van der Waals surface area (Å²) in [5.41, 5.74) is 21.1. The number of nitrogens with zero attached hydrogens (tertiary/aromatic N) is 4. The molecular weight excluding hydrogens is 843 g/mol. The summed E-state index contributed by atoms with van der Waals surface area (Å²) in [5.74, 6) is -0.935. The van der Waals surface area contributed by atoms with Gasteiger partial charge in [0, 0.05) is 43.6 Å². The third-order valence-corrected chi connectivity index (χ3v) is 12.4. The van der Waals surface area contributed by atoms with Crippen molar-refractivity contribution >= 4 is 29.5 Å². The molecule has 2 aromatic carbocycles. The lowest BCUT2D eigenvalue weighted by molar-refractivity contribution is -0.141. The molecule has 3 aromatic rings. The van der Waals surface area contributed by atoms with Crippen LogP contribution in [0.1, 0.15) is 110 Å². The van der Waals surface area contributed by atoms with Gasteiger partial charge in [0.2, 0.25) is 23.6 Å². The molecule has 1 aromatic heterocycles. The molecular formula is C48H67N11O7. The van der Waals surface area contributed by atoms with Crippen LogP contribution in [0, 0.1) is 36.5 Å². The Morgan fingerprint density at radius 2 is 1.50 bits per heavy atom. The number of rotatable bonds is 15. The summed E-state index contributed by atoms with van der Waals surface area (Å²) in [7, 11) is 1.43. The Morgan fingerprint density at radius 3 is 2.08 bits per heavy atom. The highest BCUT2D eigenvalue weighted by molar-refractivity contribution is 6.00. The van der Waals surface area contributed by atoms with E-state index in [-0.39, 0.29) is 69.1 Å². The van der Waals surface area contributed by atoms with Crippen LogP contribution in [-0.2, 0) is 25.6 Å². The van der Waals surface area contributed by atoms with E-state index in [1.807, 2.05) is 6.07 Å². The van der Waals surface area contributed by atoms with Crippen molar-refractivity contribution in [3.05, 3.63) is 70.3 Å². The van der Waals surface area contributed by atoms with Gasteiger partial charge in [0.25, 0.3) is 5.91 Å². The molecule has 1 aliphatic carbocycles. The van der Waals surface area contributed by atoms with E-state index < -0.39 is 53.7 Å². The van der Waals surface area contributed by atoms with Crippen LogP contribution < -0.4 is 47.9 Å². The molecule has 2 aliphatic rings. The van der Waals surface area contributed by atoms with Gasteiger partial charge in [-0.15, -0.1) is 0 Å². The molecule has 0 unspecified atom stereocenters. The zero-order valence-corrected chi connectivity index (χ0v) is 39.3.